The molecule has 2 aliphatic rings. The zero-order valence-corrected chi connectivity index (χ0v) is 20.2. The van der Waals surface area contributed by atoms with Gasteiger partial charge in [-0.15, -0.1) is 0 Å². The molecule has 0 saturated carbocycles. The second kappa shape index (κ2) is 9.26. The van der Waals surface area contributed by atoms with Crippen LogP contribution in [0.25, 0.3) is 11.1 Å². The molecule has 2 aromatic carbocycles. The number of amides is 1. The van der Waals surface area contributed by atoms with E-state index in [1.54, 1.807) is 0 Å². The van der Waals surface area contributed by atoms with Crippen LogP contribution in [0, 0.1) is 5.41 Å². The summed E-state index contributed by atoms with van der Waals surface area (Å²) in [5, 5.41) is 13.6. The molecular weight excluding hydrogens is 422 g/mol. The molecule has 2 saturated heterocycles. The minimum Gasteiger partial charge on any atom is -0.371 e. The number of rotatable bonds is 5. The molecule has 1 amide bonds. The Bertz CT molecular complexity index is 1100. The van der Waals surface area contributed by atoms with E-state index in [2.05, 4.69) is 82.0 Å². The molecule has 6 heteroatoms. The van der Waals surface area contributed by atoms with Gasteiger partial charge in [-0.25, -0.2) is 0 Å². The number of nitrogens with one attached hydrogen (secondary N) is 3. The fraction of sp³-hybridized carbons (Fsp3) is 0.429. The number of carbonyl (C=O) groups excluding carboxylic acids is 1. The Morgan fingerprint density at radius 1 is 0.971 bits per heavy atom. The van der Waals surface area contributed by atoms with Crippen LogP contribution in [0.2, 0.25) is 0 Å². The van der Waals surface area contributed by atoms with Crippen molar-refractivity contribution in [2.75, 3.05) is 36.4 Å². The molecule has 0 atom stereocenters. The van der Waals surface area contributed by atoms with Crippen LogP contribution in [0.1, 0.15) is 45.1 Å². The Kier molecular flexibility index (Phi) is 6.17. The number of benzene rings is 2. The first-order valence-electron chi connectivity index (χ1n) is 12.4. The lowest BCUT2D eigenvalue weighted by Gasteiger charge is -2.38. The van der Waals surface area contributed by atoms with Crippen molar-refractivity contribution < 1.29 is 4.79 Å². The van der Waals surface area contributed by atoms with Gasteiger partial charge in [-0.3, -0.25) is 9.89 Å². The largest absolute Gasteiger partial charge is 0.371 e. The van der Waals surface area contributed by atoms with E-state index < -0.39 is 5.41 Å². The minimum absolute atomic E-state index is 0.0852. The summed E-state index contributed by atoms with van der Waals surface area (Å²) < 4.78 is 0. The van der Waals surface area contributed by atoms with Crippen molar-refractivity contribution >= 4 is 17.3 Å². The minimum atomic E-state index is -0.536. The molecule has 34 heavy (non-hydrogen) atoms. The van der Waals surface area contributed by atoms with Crippen LogP contribution in [0.4, 0.5) is 11.4 Å². The maximum atomic E-state index is 13.8. The zero-order valence-electron chi connectivity index (χ0n) is 20.2. The standard InChI is InChI=1S/C28H35N5O/c1-27(2)12-16-33(17-13-27)25-5-3-4-24(18-25)32-26(34)28(10-14-29-15-11-28)23-8-6-21(7-9-23)22-19-30-31-20-22/h3-9,18-20,29H,10-17H2,1-2H3,(H,30,31)(H,32,34). The Hall–Kier alpha value is -3.12. The third-order valence-electron chi connectivity index (χ3n) is 7.75. The smallest absolute Gasteiger partial charge is 0.235 e. The van der Waals surface area contributed by atoms with Crippen molar-refractivity contribution in [2.45, 2.75) is 44.9 Å². The number of anilines is 2. The van der Waals surface area contributed by atoms with Gasteiger partial charge in [0, 0.05) is 36.2 Å². The summed E-state index contributed by atoms with van der Waals surface area (Å²) >= 11 is 0. The van der Waals surface area contributed by atoms with E-state index >= 15 is 0 Å². The average Bonchev–Trinajstić information content (AvgIpc) is 3.40. The molecule has 3 heterocycles. The van der Waals surface area contributed by atoms with Gasteiger partial charge in [0.15, 0.2) is 0 Å². The summed E-state index contributed by atoms with van der Waals surface area (Å²) in [7, 11) is 0. The summed E-state index contributed by atoms with van der Waals surface area (Å²) in [5.74, 6) is 0.0852. The van der Waals surface area contributed by atoms with Gasteiger partial charge in [0.2, 0.25) is 5.91 Å². The molecule has 2 aliphatic heterocycles. The van der Waals surface area contributed by atoms with Crippen LogP contribution in [-0.2, 0) is 10.2 Å². The fourth-order valence-electron chi connectivity index (χ4n) is 5.29. The van der Waals surface area contributed by atoms with Gasteiger partial charge in [0.1, 0.15) is 0 Å². The number of hydrogen-bond acceptors (Lipinski definition) is 4. The summed E-state index contributed by atoms with van der Waals surface area (Å²) in [5.41, 5.74) is 5.17. The molecule has 3 aromatic rings. The molecule has 0 bridgehead atoms. The second-order valence-corrected chi connectivity index (χ2v) is 10.6. The van der Waals surface area contributed by atoms with Crippen molar-refractivity contribution in [1.29, 1.82) is 0 Å². The molecule has 0 aliphatic carbocycles. The third kappa shape index (κ3) is 4.60. The van der Waals surface area contributed by atoms with E-state index in [1.807, 2.05) is 18.5 Å². The highest BCUT2D eigenvalue weighted by atomic mass is 16.2. The lowest BCUT2D eigenvalue weighted by Crippen LogP contribution is -2.48. The number of hydrogen-bond donors (Lipinski definition) is 3. The Morgan fingerprint density at radius 3 is 2.38 bits per heavy atom. The van der Waals surface area contributed by atoms with E-state index in [9.17, 15) is 4.79 Å². The summed E-state index contributed by atoms with van der Waals surface area (Å²) in [6, 6.07) is 16.8. The zero-order chi connectivity index (χ0) is 23.6. The van der Waals surface area contributed by atoms with Crippen molar-refractivity contribution in [3.63, 3.8) is 0 Å². The summed E-state index contributed by atoms with van der Waals surface area (Å²) in [4.78, 5) is 16.2. The third-order valence-corrected chi connectivity index (χ3v) is 7.75. The number of aromatic amines is 1. The fourth-order valence-corrected chi connectivity index (χ4v) is 5.29. The highest BCUT2D eigenvalue weighted by Crippen LogP contribution is 2.37. The van der Waals surface area contributed by atoms with E-state index in [1.165, 1.54) is 18.5 Å². The number of carbonyl (C=O) groups is 1. The molecule has 2 fully saturated rings. The number of piperidine rings is 2. The number of aromatic nitrogens is 2. The van der Waals surface area contributed by atoms with Crippen LogP contribution in [-0.4, -0.2) is 42.3 Å². The predicted molar refractivity (Wildman–Crippen MR) is 138 cm³/mol. The van der Waals surface area contributed by atoms with Gasteiger partial charge >= 0.3 is 0 Å². The summed E-state index contributed by atoms with van der Waals surface area (Å²) in [6.45, 7) is 8.48. The first kappa shape index (κ1) is 22.7. The van der Waals surface area contributed by atoms with Gasteiger partial charge < -0.3 is 15.5 Å². The highest BCUT2D eigenvalue weighted by molar-refractivity contribution is 5.99. The van der Waals surface area contributed by atoms with Gasteiger partial charge in [0.25, 0.3) is 0 Å². The van der Waals surface area contributed by atoms with Gasteiger partial charge in [0.05, 0.1) is 11.6 Å². The van der Waals surface area contributed by atoms with Crippen molar-refractivity contribution in [2.24, 2.45) is 5.41 Å². The van der Waals surface area contributed by atoms with Crippen LogP contribution < -0.4 is 15.5 Å². The topological polar surface area (TPSA) is 73.0 Å². The molecule has 0 unspecified atom stereocenters. The number of nitrogens with zero attached hydrogens (tertiary/aromatic N) is 2. The van der Waals surface area contributed by atoms with Gasteiger partial charge in [-0.2, -0.15) is 5.10 Å². The first-order valence-corrected chi connectivity index (χ1v) is 12.4. The Morgan fingerprint density at radius 2 is 1.71 bits per heavy atom. The Balaban J connectivity index is 1.36. The second-order valence-electron chi connectivity index (χ2n) is 10.6. The maximum absolute atomic E-state index is 13.8. The molecule has 1 aromatic heterocycles. The predicted octanol–water partition coefficient (Wildman–Crippen LogP) is 4.96. The van der Waals surface area contributed by atoms with Crippen molar-refractivity contribution in [3.8, 4) is 11.1 Å². The van der Waals surface area contributed by atoms with Crippen LogP contribution >= 0.6 is 0 Å². The average molecular weight is 458 g/mol. The van der Waals surface area contributed by atoms with Gasteiger partial charge in [-0.05, 0) is 73.5 Å². The highest BCUT2D eigenvalue weighted by Gasteiger charge is 2.41. The SMILES string of the molecule is CC1(C)CCN(c2cccc(NC(=O)C3(c4ccc(-c5cn[nH]c5)cc4)CCNCC3)c2)CC1. The quantitative estimate of drug-likeness (QED) is 0.506. The molecule has 6 nitrogen and oxygen atoms in total. The molecule has 0 radical (unpaired) electrons. The van der Waals surface area contributed by atoms with Crippen molar-refractivity contribution in [3.05, 3.63) is 66.5 Å². The van der Waals surface area contributed by atoms with Crippen LogP contribution in [0.5, 0.6) is 0 Å². The Labute approximate surface area is 202 Å². The van der Waals surface area contributed by atoms with Crippen LogP contribution in [0.3, 0.4) is 0 Å². The van der Waals surface area contributed by atoms with E-state index in [0.717, 1.165) is 61.4 Å². The van der Waals surface area contributed by atoms with Gasteiger partial charge in [-0.1, -0.05) is 44.2 Å². The van der Waals surface area contributed by atoms with Crippen molar-refractivity contribution in [1.82, 2.24) is 15.5 Å². The van der Waals surface area contributed by atoms with E-state index in [4.69, 9.17) is 0 Å². The monoisotopic (exact) mass is 457 g/mol. The van der Waals surface area contributed by atoms with Crippen LogP contribution in [0.15, 0.2) is 60.9 Å². The van der Waals surface area contributed by atoms with E-state index in [0.29, 0.717) is 5.41 Å². The first-order chi connectivity index (χ1) is 16.5. The normalized spacial score (nSPS) is 19.5. The molecule has 0 spiro atoms. The number of H-pyrrole nitrogens is 1. The summed E-state index contributed by atoms with van der Waals surface area (Å²) in [6.07, 6.45) is 7.65. The molecular formula is C28H35N5O. The molecule has 3 N–H and O–H groups in total. The van der Waals surface area contributed by atoms with E-state index in [-0.39, 0.29) is 5.91 Å². The lowest BCUT2D eigenvalue weighted by molar-refractivity contribution is -0.122. The maximum Gasteiger partial charge on any atom is 0.235 e. The molecule has 178 valence electrons. The lowest BCUT2D eigenvalue weighted by atomic mass is 9.72. The molecule has 5 rings (SSSR count).